The fraction of sp³-hybridized carbons (Fsp3) is 0.619. The molecule has 0 radical (unpaired) electrons. The molecule has 1 aromatic carbocycles. The maximum atomic E-state index is 12.5. The summed E-state index contributed by atoms with van der Waals surface area (Å²) in [4.78, 5) is 17.0. The second-order valence-corrected chi connectivity index (χ2v) is 7.45. The monoisotopic (exact) mass is 339 g/mol. The summed E-state index contributed by atoms with van der Waals surface area (Å²) in [5, 5.41) is 9.75. The largest absolute Gasteiger partial charge is 0.343 e. The van der Waals surface area contributed by atoms with Crippen molar-refractivity contribution in [2.24, 2.45) is 0 Å². The van der Waals surface area contributed by atoms with Gasteiger partial charge >= 0.3 is 0 Å². The minimum Gasteiger partial charge on any atom is -0.343 e. The lowest BCUT2D eigenvalue weighted by Gasteiger charge is -2.37. The summed E-state index contributed by atoms with van der Waals surface area (Å²) in [6, 6.07) is 12.6. The van der Waals surface area contributed by atoms with Gasteiger partial charge in [-0.1, -0.05) is 36.8 Å². The van der Waals surface area contributed by atoms with E-state index < -0.39 is 5.41 Å². The number of nitrogens with zero attached hydrogens (tertiary/aromatic N) is 3. The van der Waals surface area contributed by atoms with Crippen molar-refractivity contribution in [2.75, 3.05) is 32.7 Å². The number of benzene rings is 1. The van der Waals surface area contributed by atoms with Crippen LogP contribution in [0.25, 0.3) is 0 Å². The maximum absolute atomic E-state index is 12.5. The van der Waals surface area contributed by atoms with Crippen LogP contribution in [-0.4, -0.2) is 48.4 Å². The fourth-order valence-electron chi connectivity index (χ4n) is 4.16. The van der Waals surface area contributed by atoms with Crippen LogP contribution in [0.1, 0.15) is 50.5 Å². The molecule has 0 unspecified atom stereocenters. The van der Waals surface area contributed by atoms with E-state index >= 15 is 0 Å². The predicted octanol–water partition coefficient (Wildman–Crippen LogP) is 3.34. The Morgan fingerprint density at radius 3 is 2.36 bits per heavy atom. The second kappa shape index (κ2) is 8.49. The molecule has 2 aliphatic rings. The Kier molecular flexibility index (Phi) is 6.09. The van der Waals surface area contributed by atoms with Gasteiger partial charge in [0.2, 0.25) is 5.91 Å². The van der Waals surface area contributed by atoms with Crippen molar-refractivity contribution in [2.45, 2.75) is 50.4 Å². The molecular weight excluding hydrogens is 310 g/mol. The molecule has 0 saturated carbocycles. The van der Waals surface area contributed by atoms with Crippen LogP contribution in [0.15, 0.2) is 30.3 Å². The number of carbonyl (C=O) groups excluding carboxylic acids is 1. The SMILES string of the molecule is N#CC1(c2ccccc2)CCN(C(=O)CCCN2CCCCC2)CC1. The van der Waals surface area contributed by atoms with Crippen LogP contribution in [-0.2, 0) is 10.2 Å². The van der Waals surface area contributed by atoms with Gasteiger partial charge in [0.15, 0.2) is 0 Å². The van der Waals surface area contributed by atoms with Crippen molar-refractivity contribution in [3.8, 4) is 6.07 Å². The van der Waals surface area contributed by atoms with E-state index in [4.69, 9.17) is 0 Å². The molecular formula is C21H29N3O. The first-order valence-corrected chi connectivity index (χ1v) is 9.70. The number of nitriles is 1. The molecule has 0 aromatic heterocycles. The van der Waals surface area contributed by atoms with Crippen molar-refractivity contribution >= 4 is 5.91 Å². The average molecular weight is 339 g/mol. The Hall–Kier alpha value is -1.86. The lowest BCUT2D eigenvalue weighted by molar-refractivity contribution is -0.132. The molecule has 2 fully saturated rings. The Morgan fingerprint density at radius 2 is 1.72 bits per heavy atom. The van der Waals surface area contributed by atoms with Gasteiger partial charge in [0.05, 0.1) is 11.5 Å². The van der Waals surface area contributed by atoms with Gasteiger partial charge in [-0.3, -0.25) is 4.79 Å². The van der Waals surface area contributed by atoms with Gasteiger partial charge in [-0.05, 0) is 57.3 Å². The summed E-state index contributed by atoms with van der Waals surface area (Å²) in [6.07, 6.45) is 7.03. The highest BCUT2D eigenvalue weighted by Crippen LogP contribution is 2.35. The molecule has 0 spiro atoms. The summed E-state index contributed by atoms with van der Waals surface area (Å²) < 4.78 is 0. The van der Waals surface area contributed by atoms with Gasteiger partial charge in [0, 0.05) is 19.5 Å². The van der Waals surface area contributed by atoms with E-state index in [2.05, 4.69) is 11.0 Å². The molecule has 0 atom stereocenters. The quantitative estimate of drug-likeness (QED) is 0.826. The third-order valence-electron chi connectivity index (χ3n) is 5.82. The van der Waals surface area contributed by atoms with Crippen LogP contribution in [0, 0.1) is 11.3 Å². The van der Waals surface area contributed by atoms with Crippen LogP contribution < -0.4 is 0 Å². The topological polar surface area (TPSA) is 47.3 Å². The molecule has 4 nitrogen and oxygen atoms in total. The van der Waals surface area contributed by atoms with Gasteiger partial charge in [-0.2, -0.15) is 5.26 Å². The summed E-state index contributed by atoms with van der Waals surface area (Å²) in [5.74, 6) is 0.261. The highest BCUT2D eigenvalue weighted by Gasteiger charge is 2.37. The normalized spacial score (nSPS) is 20.8. The number of hydrogen-bond acceptors (Lipinski definition) is 3. The summed E-state index contributed by atoms with van der Waals surface area (Å²) in [7, 11) is 0. The Bertz CT molecular complexity index is 593. The average Bonchev–Trinajstić information content (AvgIpc) is 2.69. The Balaban J connectivity index is 1.46. The minimum atomic E-state index is -0.425. The van der Waals surface area contributed by atoms with Crippen molar-refractivity contribution < 1.29 is 4.79 Å². The minimum absolute atomic E-state index is 0.261. The summed E-state index contributed by atoms with van der Waals surface area (Å²) in [6.45, 7) is 4.83. The molecule has 25 heavy (non-hydrogen) atoms. The zero-order chi connectivity index (χ0) is 17.5. The number of rotatable bonds is 5. The Labute approximate surface area is 151 Å². The molecule has 1 amide bonds. The summed E-state index contributed by atoms with van der Waals surface area (Å²) >= 11 is 0. The zero-order valence-corrected chi connectivity index (χ0v) is 15.1. The molecule has 2 saturated heterocycles. The van der Waals surface area contributed by atoms with E-state index in [9.17, 15) is 10.1 Å². The molecule has 0 N–H and O–H groups in total. The zero-order valence-electron chi connectivity index (χ0n) is 15.1. The van der Waals surface area contributed by atoms with Gasteiger partial charge < -0.3 is 9.80 Å². The van der Waals surface area contributed by atoms with Crippen LogP contribution in [0.2, 0.25) is 0 Å². The van der Waals surface area contributed by atoms with Crippen LogP contribution in [0.3, 0.4) is 0 Å². The third kappa shape index (κ3) is 4.41. The van der Waals surface area contributed by atoms with E-state index in [0.29, 0.717) is 19.5 Å². The molecule has 2 aliphatic heterocycles. The van der Waals surface area contributed by atoms with E-state index in [0.717, 1.165) is 31.4 Å². The van der Waals surface area contributed by atoms with Gasteiger partial charge in [-0.15, -0.1) is 0 Å². The number of hydrogen-bond donors (Lipinski definition) is 0. The fourth-order valence-corrected chi connectivity index (χ4v) is 4.16. The standard InChI is InChI=1S/C21H29N3O/c22-18-21(19-8-3-1-4-9-19)11-16-24(17-12-21)20(25)10-7-15-23-13-5-2-6-14-23/h1,3-4,8-9H,2,5-7,10-17H2. The van der Waals surface area contributed by atoms with Crippen LogP contribution >= 0.6 is 0 Å². The van der Waals surface area contributed by atoms with Gasteiger partial charge in [-0.25, -0.2) is 0 Å². The van der Waals surface area contributed by atoms with Gasteiger partial charge in [0.1, 0.15) is 0 Å². The van der Waals surface area contributed by atoms with Crippen molar-refractivity contribution in [3.05, 3.63) is 35.9 Å². The van der Waals surface area contributed by atoms with Crippen molar-refractivity contribution in [1.82, 2.24) is 9.80 Å². The molecule has 2 heterocycles. The highest BCUT2D eigenvalue weighted by atomic mass is 16.2. The first-order chi connectivity index (χ1) is 12.2. The number of likely N-dealkylation sites (tertiary alicyclic amines) is 2. The molecule has 0 aliphatic carbocycles. The predicted molar refractivity (Wildman–Crippen MR) is 99.1 cm³/mol. The lowest BCUT2D eigenvalue weighted by atomic mass is 9.74. The molecule has 0 bridgehead atoms. The van der Waals surface area contributed by atoms with Crippen LogP contribution in [0.5, 0.6) is 0 Å². The van der Waals surface area contributed by atoms with Crippen molar-refractivity contribution in [1.29, 1.82) is 5.26 Å². The lowest BCUT2D eigenvalue weighted by Crippen LogP contribution is -2.44. The van der Waals surface area contributed by atoms with Crippen LogP contribution in [0.4, 0.5) is 0 Å². The third-order valence-corrected chi connectivity index (χ3v) is 5.82. The molecule has 134 valence electrons. The van der Waals surface area contributed by atoms with E-state index in [1.165, 1.54) is 32.4 Å². The summed E-state index contributed by atoms with van der Waals surface area (Å²) in [5.41, 5.74) is 0.668. The number of piperidine rings is 2. The van der Waals surface area contributed by atoms with Gasteiger partial charge in [0.25, 0.3) is 0 Å². The first-order valence-electron chi connectivity index (χ1n) is 9.70. The number of carbonyl (C=O) groups is 1. The van der Waals surface area contributed by atoms with E-state index in [1.807, 2.05) is 35.2 Å². The first kappa shape index (κ1) is 17.9. The molecule has 1 aromatic rings. The van der Waals surface area contributed by atoms with Crippen molar-refractivity contribution in [3.63, 3.8) is 0 Å². The molecule has 3 rings (SSSR count). The molecule has 4 heteroatoms. The van der Waals surface area contributed by atoms with E-state index in [-0.39, 0.29) is 5.91 Å². The van der Waals surface area contributed by atoms with E-state index in [1.54, 1.807) is 0 Å². The Morgan fingerprint density at radius 1 is 1.04 bits per heavy atom. The maximum Gasteiger partial charge on any atom is 0.222 e. The number of amides is 1. The highest BCUT2D eigenvalue weighted by molar-refractivity contribution is 5.76. The smallest absolute Gasteiger partial charge is 0.222 e. The second-order valence-electron chi connectivity index (χ2n) is 7.45.